The number of rotatable bonds is 7. The highest BCUT2D eigenvalue weighted by Gasteiger charge is 2.19. The van der Waals surface area contributed by atoms with E-state index in [-0.39, 0.29) is 0 Å². The molecule has 1 saturated carbocycles. The Hall–Kier alpha value is -2.11. The molecular weight excluding hydrogens is 314 g/mol. The summed E-state index contributed by atoms with van der Waals surface area (Å²) in [6.45, 7) is 6.21. The van der Waals surface area contributed by atoms with Crippen LogP contribution in [0.3, 0.4) is 0 Å². The number of nitrogens with one attached hydrogen (secondary N) is 2. The van der Waals surface area contributed by atoms with E-state index in [9.17, 15) is 0 Å². The zero-order valence-electron chi connectivity index (χ0n) is 15.5. The molecule has 6 nitrogen and oxygen atoms in total. The summed E-state index contributed by atoms with van der Waals surface area (Å²) < 4.78 is 5.42. The summed E-state index contributed by atoms with van der Waals surface area (Å²) in [6, 6.07) is 2.99. The molecule has 0 radical (unpaired) electrons. The van der Waals surface area contributed by atoms with Gasteiger partial charge in [-0.1, -0.05) is 38.3 Å². The largest absolute Gasteiger partial charge is 0.381 e. The molecule has 6 heteroatoms. The van der Waals surface area contributed by atoms with Gasteiger partial charge in [0.1, 0.15) is 5.82 Å². The van der Waals surface area contributed by atoms with Gasteiger partial charge in [-0.05, 0) is 38.7 Å². The van der Waals surface area contributed by atoms with Crippen LogP contribution in [0.4, 0.5) is 11.5 Å². The summed E-state index contributed by atoms with van der Waals surface area (Å²) in [7, 11) is 0. The average Bonchev–Trinajstić information content (AvgIpc) is 3.08. The number of hydrogen-bond acceptors (Lipinski definition) is 6. The van der Waals surface area contributed by atoms with Crippen LogP contribution < -0.4 is 10.6 Å². The molecular formula is C19H29N5O. The molecule has 2 aromatic heterocycles. The van der Waals surface area contributed by atoms with Crippen molar-refractivity contribution in [3.8, 4) is 11.5 Å². The molecule has 0 saturated heterocycles. The third-order valence-electron chi connectivity index (χ3n) is 4.95. The molecule has 0 atom stereocenters. The highest BCUT2D eigenvalue weighted by Crippen LogP contribution is 2.30. The van der Waals surface area contributed by atoms with Gasteiger partial charge in [-0.15, -0.1) is 0 Å². The molecule has 2 heterocycles. The van der Waals surface area contributed by atoms with Gasteiger partial charge in [0, 0.05) is 12.1 Å². The monoisotopic (exact) mass is 343 g/mol. The lowest BCUT2D eigenvalue weighted by Crippen LogP contribution is -2.23. The standard InChI is InChI=1S/C19H29N5O/c1-4-14(5-2)22-16-11-17(19-21-13(3)24-25-19)18(20-12-16)23-15-9-7-6-8-10-15/h11-12,14-15,22H,4-10H2,1-3H3,(H,20,23). The fraction of sp³-hybridized carbons (Fsp3) is 0.632. The van der Waals surface area contributed by atoms with Crippen LogP contribution in [0.2, 0.25) is 0 Å². The summed E-state index contributed by atoms with van der Waals surface area (Å²) in [6.07, 6.45) is 10.3. The van der Waals surface area contributed by atoms with Crippen molar-refractivity contribution in [2.24, 2.45) is 0 Å². The molecule has 0 aliphatic heterocycles. The molecule has 136 valence electrons. The molecule has 0 aromatic carbocycles. The van der Waals surface area contributed by atoms with Gasteiger partial charge in [-0.2, -0.15) is 4.98 Å². The summed E-state index contributed by atoms with van der Waals surface area (Å²) in [4.78, 5) is 9.09. The van der Waals surface area contributed by atoms with Crippen molar-refractivity contribution in [3.05, 3.63) is 18.1 Å². The van der Waals surface area contributed by atoms with E-state index in [0.717, 1.165) is 29.9 Å². The zero-order chi connectivity index (χ0) is 17.6. The smallest absolute Gasteiger partial charge is 0.261 e. The highest BCUT2D eigenvalue weighted by molar-refractivity contribution is 5.73. The van der Waals surface area contributed by atoms with Crippen molar-refractivity contribution in [2.75, 3.05) is 10.6 Å². The van der Waals surface area contributed by atoms with Crippen molar-refractivity contribution < 1.29 is 4.52 Å². The maximum absolute atomic E-state index is 5.42. The van der Waals surface area contributed by atoms with Crippen molar-refractivity contribution in [1.29, 1.82) is 0 Å². The maximum Gasteiger partial charge on any atom is 0.261 e. The van der Waals surface area contributed by atoms with Crippen LogP contribution in [-0.4, -0.2) is 27.2 Å². The molecule has 3 rings (SSSR count). The van der Waals surface area contributed by atoms with Gasteiger partial charge in [0.25, 0.3) is 5.89 Å². The highest BCUT2D eigenvalue weighted by atomic mass is 16.5. The minimum Gasteiger partial charge on any atom is -0.381 e. The molecule has 25 heavy (non-hydrogen) atoms. The van der Waals surface area contributed by atoms with E-state index < -0.39 is 0 Å². The second-order valence-electron chi connectivity index (χ2n) is 6.90. The molecule has 0 spiro atoms. The number of aryl methyl sites for hydroxylation is 1. The Morgan fingerprint density at radius 2 is 1.96 bits per heavy atom. The van der Waals surface area contributed by atoms with Crippen LogP contribution in [0.1, 0.15) is 64.6 Å². The van der Waals surface area contributed by atoms with Crippen LogP contribution in [0.25, 0.3) is 11.5 Å². The summed E-state index contributed by atoms with van der Waals surface area (Å²) in [5.74, 6) is 2.00. The van der Waals surface area contributed by atoms with Gasteiger partial charge in [-0.3, -0.25) is 0 Å². The Kier molecular flexibility index (Phi) is 5.89. The second kappa shape index (κ2) is 8.32. The first-order valence-electron chi connectivity index (χ1n) is 9.53. The fourth-order valence-electron chi connectivity index (χ4n) is 3.40. The van der Waals surface area contributed by atoms with Gasteiger partial charge in [0.2, 0.25) is 0 Å². The van der Waals surface area contributed by atoms with Gasteiger partial charge in [0.15, 0.2) is 5.82 Å². The lowest BCUT2D eigenvalue weighted by Gasteiger charge is -2.24. The van der Waals surface area contributed by atoms with E-state index in [1.807, 2.05) is 13.1 Å². The van der Waals surface area contributed by atoms with Gasteiger partial charge >= 0.3 is 0 Å². The van der Waals surface area contributed by atoms with E-state index in [1.54, 1.807) is 0 Å². The average molecular weight is 343 g/mol. The van der Waals surface area contributed by atoms with E-state index in [0.29, 0.717) is 23.8 Å². The Morgan fingerprint density at radius 1 is 1.20 bits per heavy atom. The molecule has 1 aliphatic carbocycles. The van der Waals surface area contributed by atoms with E-state index in [2.05, 4.69) is 45.7 Å². The Bertz CT molecular complexity index is 674. The first kappa shape index (κ1) is 17.7. The molecule has 0 amide bonds. The van der Waals surface area contributed by atoms with Crippen molar-refractivity contribution >= 4 is 11.5 Å². The second-order valence-corrected chi connectivity index (χ2v) is 6.90. The number of hydrogen-bond donors (Lipinski definition) is 2. The van der Waals surface area contributed by atoms with Gasteiger partial charge < -0.3 is 15.2 Å². The van der Waals surface area contributed by atoms with E-state index >= 15 is 0 Å². The Labute approximate surface area is 149 Å². The Balaban J connectivity index is 1.87. The normalized spacial score (nSPS) is 15.5. The minimum atomic E-state index is 0.441. The first-order chi connectivity index (χ1) is 12.2. The summed E-state index contributed by atoms with van der Waals surface area (Å²) in [5.41, 5.74) is 1.87. The van der Waals surface area contributed by atoms with E-state index in [4.69, 9.17) is 4.52 Å². The first-order valence-corrected chi connectivity index (χ1v) is 9.53. The predicted octanol–water partition coefficient (Wildman–Crippen LogP) is 4.79. The molecule has 0 unspecified atom stereocenters. The van der Waals surface area contributed by atoms with Crippen LogP contribution >= 0.6 is 0 Å². The van der Waals surface area contributed by atoms with Crippen molar-refractivity contribution in [3.63, 3.8) is 0 Å². The Morgan fingerprint density at radius 3 is 2.60 bits per heavy atom. The van der Waals surface area contributed by atoms with Gasteiger partial charge in [-0.25, -0.2) is 4.98 Å². The third kappa shape index (κ3) is 4.50. The molecule has 0 bridgehead atoms. The van der Waals surface area contributed by atoms with Gasteiger partial charge in [0.05, 0.1) is 17.4 Å². The van der Waals surface area contributed by atoms with Crippen molar-refractivity contribution in [1.82, 2.24) is 15.1 Å². The quantitative estimate of drug-likeness (QED) is 0.753. The lowest BCUT2D eigenvalue weighted by atomic mass is 9.95. The molecule has 1 aliphatic rings. The summed E-state index contributed by atoms with van der Waals surface area (Å²) >= 11 is 0. The summed E-state index contributed by atoms with van der Waals surface area (Å²) in [5, 5.41) is 11.1. The predicted molar refractivity (Wildman–Crippen MR) is 101 cm³/mol. The third-order valence-corrected chi connectivity index (χ3v) is 4.95. The topological polar surface area (TPSA) is 75.9 Å². The number of anilines is 2. The lowest BCUT2D eigenvalue weighted by molar-refractivity contribution is 0.425. The minimum absolute atomic E-state index is 0.441. The molecule has 1 fully saturated rings. The maximum atomic E-state index is 5.42. The van der Waals surface area contributed by atoms with Crippen LogP contribution in [-0.2, 0) is 0 Å². The number of pyridine rings is 1. The zero-order valence-corrected chi connectivity index (χ0v) is 15.5. The molecule has 2 aromatic rings. The SMILES string of the molecule is CCC(CC)Nc1cnc(NC2CCCCC2)c(-c2nc(C)no2)c1. The number of aromatic nitrogens is 3. The number of nitrogens with zero attached hydrogens (tertiary/aromatic N) is 3. The van der Waals surface area contributed by atoms with Crippen LogP contribution in [0, 0.1) is 6.92 Å². The fourth-order valence-corrected chi connectivity index (χ4v) is 3.40. The van der Waals surface area contributed by atoms with Crippen LogP contribution in [0.5, 0.6) is 0 Å². The van der Waals surface area contributed by atoms with Crippen LogP contribution in [0.15, 0.2) is 16.8 Å². The van der Waals surface area contributed by atoms with E-state index in [1.165, 1.54) is 32.1 Å². The van der Waals surface area contributed by atoms with Crippen molar-refractivity contribution in [2.45, 2.75) is 77.8 Å². The molecule has 2 N–H and O–H groups in total.